The predicted molar refractivity (Wildman–Crippen MR) is 166 cm³/mol. The molecule has 0 atom stereocenters. The van der Waals surface area contributed by atoms with Crippen molar-refractivity contribution in [2.45, 2.75) is 33.9 Å². The zero-order valence-corrected chi connectivity index (χ0v) is 29.3. The smallest absolute Gasteiger partial charge is 0.374 e. The topological polar surface area (TPSA) is 190 Å². The summed E-state index contributed by atoms with van der Waals surface area (Å²) in [4.78, 5) is 44.6. The molecule has 0 fully saturated rings. The van der Waals surface area contributed by atoms with E-state index in [2.05, 4.69) is 46.7 Å². The first-order chi connectivity index (χ1) is 23.0. The number of ether oxygens (including phenoxy) is 4. The zero-order valence-electron chi connectivity index (χ0n) is 28.5. The molecular weight excluding hydrogens is 668 g/mol. The SMILES string of the molecule is CCn1[c-][n+](C)cc1.CCn1cc[n+](C)c1.COCCOC(=O)c1ccc(C(C)=O)o1.O=C(OCCO)c1ccc(C(=O)OCCO)o1.[Cl-]. The summed E-state index contributed by atoms with van der Waals surface area (Å²) in [5, 5.41) is 16.9. The number of hydrogen-bond acceptors (Lipinski definition) is 12. The number of esters is 3. The number of carbonyl (C=O) groups is 4. The van der Waals surface area contributed by atoms with Crippen molar-refractivity contribution >= 4 is 23.7 Å². The summed E-state index contributed by atoms with van der Waals surface area (Å²) in [6.07, 6.45) is 13.2. The lowest BCUT2D eigenvalue weighted by atomic mass is 10.3. The fraction of sp³-hybridized carbons (Fsp3) is 0.438. The van der Waals surface area contributed by atoms with Crippen molar-refractivity contribution in [2.24, 2.45) is 14.1 Å². The summed E-state index contributed by atoms with van der Waals surface area (Å²) >= 11 is 0. The van der Waals surface area contributed by atoms with Crippen molar-refractivity contribution < 1.29 is 78.7 Å². The van der Waals surface area contributed by atoms with Gasteiger partial charge in [-0.3, -0.25) is 4.79 Å². The number of aliphatic hydroxyl groups is 2. The Morgan fingerprint density at radius 3 is 1.55 bits per heavy atom. The first-order valence-corrected chi connectivity index (χ1v) is 14.9. The van der Waals surface area contributed by atoms with Gasteiger partial charge in [0.2, 0.25) is 29.9 Å². The average Bonchev–Trinajstić information content (AvgIpc) is 3.91. The van der Waals surface area contributed by atoms with Crippen molar-refractivity contribution in [3.05, 3.63) is 84.7 Å². The first-order valence-electron chi connectivity index (χ1n) is 14.9. The highest BCUT2D eigenvalue weighted by molar-refractivity contribution is 5.93. The van der Waals surface area contributed by atoms with Gasteiger partial charge < -0.3 is 59.5 Å². The molecule has 4 aromatic rings. The maximum absolute atomic E-state index is 11.3. The summed E-state index contributed by atoms with van der Waals surface area (Å²) in [5.74, 6) is -2.53. The third kappa shape index (κ3) is 17.8. The Kier molecular flexibility index (Phi) is 22.8. The van der Waals surface area contributed by atoms with Gasteiger partial charge in [0.25, 0.3) is 0 Å². The normalized spacial score (nSPS) is 9.71. The second-order valence-electron chi connectivity index (χ2n) is 9.44. The van der Waals surface area contributed by atoms with Crippen LogP contribution in [0.4, 0.5) is 0 Å². The summed E-state index contributed by atoms with van der Waals surface area (Å²) in [7, 11) is 5.49. The van der Waals surface area contributed by atoms with Crippen LogP contribution in [-0.4, -0.2) is 89.8 Å². The molecular formula is C32H45ClN4O12. The van der Waals surface area contributed by atoms with Gasteiger partial charge in [-0.2, -0.15) is 0 Å². The number of aliphatic hydroxyl groups excluding tert-OH is 2. The van der Waals surface area contributed by atoms with E-state index in [0.717, 1.165) is 13.1 Å². The molecule has 0 spiro atoms. The van der Waals surface area contributed by atoms with Crippen LogP contribution >= 0.6 is 0 Å². The number of carbonyl (C=O) groups excluding carboxylic acids is 4. The minimum absolute atomic E-state index is 0. The maximum atomic E-state index is 11.3. The Morgan fingerprint density at radius 1 is 0.755 bits per heavy atom. The van der Waals surface area contributed by atoms with Gasteiger partial charge in [0, 0.05) is 14.0 Å². The summed E-state index contributed by atoms with van der Waals surface area (Å²) < 4.78 is 36.6. The maximum Gasteiger partial charge on any atom is 0.374 e. The van der Waals surface area contributed by atoms with Crippen LogP contribution in [0.1, 0.15) is 63.0 Å². The highest BCUT2D eigenvalue weighted by Gasteiger charge is 2.17. The molecule has 0 aliphatic heterocycles. The standard InChI is InChI=1S/C10H12O7.C10H12O5.C6H11N2.C6H10N2.ClH/c11-3-5-15-9(13)7-1-2-8(17-7)10(14)16-6-4-12;1-7(11)8-3-4-9(15-8)10(12)14-6-5-13-2;2*1-3-8-5-4-7(2)6-8;/h1-2,11-12H,3-6H2;3-4H,5-6H2,1-2H3;4-6H,3H2,1-2H3;4-5H,3H2,1-2H3;1H/q;;+1;;/p-1. The fourth-order valence-electron chi connectivity index (χ4n) is 3.22. The highest BCUT2D eigenvalue weighted by atomic mass is 35.5. The molecule has 0 aliphatic carbocycles. The first kappa shape index (κ1) is 44.2. The molecule has 16 nitrogen and oxygen atoms in total. The molecule has 4 heterocycles. The molecule has 49 heavy (non-hydrogen) atoms. The van der Waals surface area contributed by atoms with E-state index in [1.165, 1.54) is 38.3 Å². The van der Waals surface area contributed by atoms with Crippen molar-refractivity contribution in [1.82, 2.24) is 9.13 Å². The molecule has 0 amide bonds. The second-order valence-corrected chi connectivity index (χ2v) is 9.44. The number of imidazole rings is 2. The highest BCUT2D eigenvalue weighted by Crippen LogP contribution is 2.11. The van der Waals surface area contributed by atoms with Crippen LogP contribution in [0, 0.1) is 6.33 Å². The van der Waals surface area contributed by atoms with E-state index in [1.54, 1.807) is 0 Å². The van der Waals surface area contributed by atoms with Gasteiger partial charge in [-0.05, 0) is 50.5 Å². The number of rotatable bonds is 13. The van der Waals surface area contributed by atoms with Crippen LogP contribution in [0.3, 0.4) is 0 Å². The molecule has 4 aromatic heterocycles. The van der Waals surface area contributed by atoms with Crippen LogP contribution in [0.5, 0.6) is 0 Å². The van der Waals surface area contributed by atoms with Gasteiger partial charge in [-0.15, -0.1) is 0 Å². The molecule has 0 saturated carbocycles. The number of halogens is 1. The van der Waals surface area contributed by atoms with Crippen molar-refractivity contribution in [3.63, 3.8) is 0 Å². The molecule has 0 aromatic carbocycles. The van der Waals surface area contributed by atoms with Gasteiger partial charge in [0.1, 0.15) is 32.2 Å². The lowest BCUT2D eigenvalue weighted by Crippen LogP contribution is -3.00. The average molecular weight is 713 g/mol. The number of methoxy groups -OCH3 is 1. The zero-order chi connectivity index (χ0) is 35.9. The molecule has 0 unspecified atom stereocenters. The summed E-state index contributed by atoms with van der Waals surface area (Å²) in [5.41, 5.74) is 0. The quantitative estimate of drug-likeness (QED) is 0.0401. The Morgan fingerprint density at radius 2 is 1.24 bits per heavy atom. The number of aromatic nitrogens is 4. The van der Waals surface area contributed by atoms with Crippen LogP contribution < -0.4 is 21.5 Å². The minimum Gasteiger partial charge on any atom is -1.00 e. The second kappa shape index (κ2) is 25.3. The molecule has 0 saturated heterocycles. The van der Waals surface area contributed by atoms with E-state index in [0.29, 0.717) is 6.61 Å². The van der Waals surface area contributed by atoms with Crippen LogP contribution in [0.2, 0.25) is 0 Å². The van der Waals surface area contributed by atoms with E-state index >= 15 is 0 Å². The van der Waals surface area contributed by atoms with E-state index in [-0.39, 0.29) is 74.3 Å². The van der Waals surface area contributed by atoms with E-state index in [4.69, 9.17) is 28.5 Å². The number of nitrogens with zero attached hydrogens (tertiary/aromatic N) is 4. The minimum atomic E-state index is -0.778. The Hall–Kier alpha value is -4.77. The monoisotopic (exact) mass is 712 g/mol. The summed E-state index contributed by atoms with van der Waals surface area (Å²) in [6.45, 7) is 7.23. The summed E-state index contributed by atoms with van der Waals surface area (Å²) in [6, 6.07) is 5.37. The number of Topliss-reactive ketones (excluding diaryl/α,β-unsaturated/α-hetero) is 1. The van der Waals surface area contributed by atoms with Crippen molar-refractivity contribution in [1.29, 1.82) is 0 Å². The molecule has 17 heteroatoms. The molecule has 0 radical (unpaired) electrons. The molecule has 0 bridgehead atoms. The molecule has 272 valence electrons. The van der Waals surface area contributed by atoms with Gasteiger partial charge in [0.05, 0.1) is 47.0 Å². The van der Waals surface area contributed by atoms with Crippen LogP contribution in [-0.2, 0) is 46.1 Å². The fourth-order valence-corrected chi connectivity index (χ4v) is 3.22. The lowest BCUT2D eigenvalue weighted by Gasteiger charge is -2.00. The predicted octanol–water partition coefficient (Wildman–Crippen LogP) is -1.67. The number of hydrogen-bond donors (Lipinski definition) is 2. The number of aryl methyl sites for hydroxylation is 4. The van der Waals surface area contributed by atoms with Crippen LogP contribution in [0.25, 0.3) is 0 Å². The van der Waals surface area contributed by atoms with Gasteiger partial charge in [-0.25, -0.2) is 23.5 Å². The van der Waals surface area contributed by atoms with Gasteiger partial charge >= 0.3 is 17.9 Å². The van der Waals surface area contributed by atoms with Crippen LogP contribution in [0.15, 0.2) is 64.2 Å². The number of ketones is 1. The molecule has 0 aliphatic rings. The Balaban J connectivity index is 0.000000654. The Labute approximate surface area is 290 Å². The van der Waals surface area contributed by atoms with Gasteiger partial charge in [0.15, 0.2) is 11.5 Å². The molecule has 4 rings (SSSR count). The van der Waals surface area contributed by atoms with Crippen molar-refractivity contribution in [2.75, 3.05) is 46.8 Å². The third-order valence-electron chi connectivity index (χ3n) is 5.62. The lowest BCUT2D eigenvalue weighted by molar-refractivity contribution is -0.675. The van der Waals surface area contributed by atoms with E-state index in [9.17, 15) is 19.2 Å². The largest absolute Gasteiger partial charge is 1.00 e. The van der Waals surface area contributed by atoms with E-state index < -0.39 is 17.9 Å². The van der Waals surface area contributed by atoms with Gasteiger partial charge in [-0.1, -0.05) is 0 Å². The third-order valence-corrected chi connectivity index (χ3v) is 5.62. The van der Waals surface area contributed by atoms with Crippen molar-refractivity contribution in [3.8, 4) is 0 Å². The van der Waals surface area contributed by atoms with E-state index in [1.807, 2.05) is 46.4 Å². The Bertz CT molecular complexity index is 1450. The number of furan rings is 2. The molecule has 2 N–H and O–H groups in total.